The summed E-state index contributed by atoms with van der Waals surface area (Å²) in [5.41, 5.74) is 0.874. The molecule has 7 heteroatoms. The van der Waals surface area contributed by atoms with Crippen molar-refractivity contribution < 1.29 is 9.59 Å². The predicted molar refractivity (Wildman–Crippen MR) is 95.3 cm³/mol. The van der Waals surface area contributed by atoms with E-state index in [9.17, 15) is 9.59 Å². The molecule has 6 nitrogen and oxygen atoms in total. The van der Waals surface area contributed by atoms with E-state index in [1.165, 1.54) is 0 Å². The molecular formula is C18H22N4O2S. The molecule has 2 aliphatic heterocycles. The van der Waals surface area contributed by atoms with Crippen molar-refractivity contribution in [3.63, 3.8) is 0 Å². The highest BCUT2D eigenvalue weighted by Gasteiger charge is 2.49. The van der Waals surface area contributed by atoms with E-state index >= 15 is 0 Å². The van der Waals surface area contributed by atoms with E-state index in [1.807, 2.05) is 41.9 Å². The molecule has 132 valence electrons. The molecule has 0 saturated carbocycles. The Morgan fingerprint density at radius 2 is 2.24 bits per heavy atom. The second-order valence-electron chi connectivity index (χ2n) is 7.05. The molecule has 4 rings (SSSR count). The zero-order valence-electron chi connectivity index (χ0n) is 14.3. The largest absolute Gasteiger partial charge is 0.350 e. The molecule has 2 aromatic rings. The molecule has 0 aromatic carbocycles. The van der Waals surface area contributed by atoms with E-state index < -0.39 is 0 Å². The molecule has 2 aliphatic rings. The summed E-state index contributed by atoms with van der Waals surface area (Å²) >= 11 is 1.62. The molecule has 0 unspecified atom stereocenters. The number of piperidine rings is 1. The number of aryl methyl sites for hydroxylation is 1. The number of aromatic nitrogens is 2. The van der Waals surface area contributed by atoms with Gasteiger partial charge in [0.1, 0.15) is 0 Å². The van der Waals surface area contributed by atoms with Crippen LogP contribution in [0.25, 0.3) is 0 Å². The quantitative estimate of drug-likeness (QED) is 0.908. The maximum absolute atomic E-state index is 12.5. The number of amides is 2. The lowest BCUT2D eigenvalue weighted by Crippen LogP contribution is -2.54. The summed E-state index contributed by atoms with van der Waals surface area (Å²) in [6, 6.07) is 3.98. The van der Waals surface area contributed by atoms with E-state index in [2.05, 4.69) is 10.4 Å². The minimum atomic E-state index is -0.236. The summed E-state index contributed by atoms with van der Waals surface area (Å²) in [7, 11) is 1.90. The number of rotatable bonds is 3. The van der Waals surface area contributed by atoms with Gasteiger partial charge in [-0.15, -0.1) is 11.3 Å². The molecule has 1 spiro atoms. The third-order valence-corrected chi connectivity index (χ3v) is 6.36. The van der Waals surface area contributed by atoms with Gasteiger partial charge >= 0.3 is 0 Å². The lowest BCUT2D eigenvalue weighted by molar-refractivity contribution is -0.132. The normalized spacial score (nSPS) is 22.4. The zero-order valence-corrected chi connectivity index (χ0v) is 15.1. The van der Waals surface area contributed by atoms with Crippen LogP contribution in [0, 0.1) is 0 Å². The molecule has 1 atom stereocenters. The van der Waals surface area contributed by atoms with Crippen LogP contribution in [-0.2, 0) is 23.1 Å². The highest BCUT2D eigenvalue weighted by atomic mass is 32.1. The van der Waals surface area contributed by atoms with Crippen LogP contribution < -0.4 is 5.32 Å². The Morgan fingerprint density at radius 3 is 2.88 bits per heavy atom. The topological polar surface area (TPSA) is 67.2 Å². The maximum atomic E-state index is 12.5. The van der Waals surface area contributed by atoms with Gasteiger partial charge in [-0.3, -0.25) is 14.3 Å². The standard InChI is InChI=1S/C18H22N4O2S/c1-21-12-13(11-19-21)15-10-16(23)20-18(15)4-6-22(7-5-18)17(24)9-14-3-2-8-25-14/h2-3,8,11-12,15H,4-7,9-10H2,1H3,(H,20,23)/t15-/m0/s1. The van der Waals surface area contributed by atoms with Crippen LogP contribution in [-0.4, -0.2) is 45.1 Å². The number of nitrogens with zero attached hydrogens (tertiary/aromatic N) is 3. The number of carbonyl (C=O) groups is 2. The third kappa shape index (κ3) is 3.08. The summed E-state index contributed by atoms with van der Waals surface area (Å²) in [5, 5.41) is 9.48. The SMILES string of the molecule is Cn1cc([C@@H]2CC(=O)NC23CCN(C(=O)Cc2cccs2)CC3)cn1. The third-order valence-electron chi connectivity index (χ3n) is 5.49. The molecule has 4 heterocycles. The summed E-state index contributed by atoms with van der Waals surface area (Å²) < 4.78 is 1.78. The molecule has 25 heavy (non-hydrogen) atoms. The lowest BCUT2D eigenvalue weighted by Gasteiger charge is -2.42. The van der Waals surface area contributed by atoms with Crippen LogP contribution in [0.4, 0.5) is 0 Å². The Morgan fingerprint density at radius 1 is 1.44 bits per heavy atom. The Bertz CT molecular complexity index is 775. The number of likely N-dealkylation sites (tertiary alicyclic amines) is 1. The Labute approximate surface area is 150 Å². The van der Waals surface area contributed by atoms with Gasteiger partial charge in [-0.2, -0.15) is 5.10 Å². The van der Waals surface area contributed by atoms with Crippen LogP contribution in [0.1, 0.15) is 35.6 Å². The minimum absolute atomic E-state index is 0.104. The van der Waals surface area contributed by atoms with Crippen LogP contribution in [0.5, 0.6) is 0 Å². The predicted octanol–water partition coefficient (Wildman–Crippen LogP) is 1.69. The Hall–Kier alpha value is -2.15. The van der Waals surface area contributed by atoms with Gasteiger partial charge < -0.3 is 10.2 Å². The number of hydrogen-bond donors (Lipinski definition) is 1. The number of carbonyl (C=O) groups excluding carboxylic acids is 2. The molecule has 2 fully saturated rings. The first-order chi connectivity index (χ1) is 12.1. The molecule has 2 amide bonds. The van der Waals surface area contributed by atoms with Crippen molar-refractivity contribution in [3.05, 3.63) is 40.3 Å². The lowest BCUT2D eigenvalue weighted by atomic mass is 9.75. The fraction of sp³-hybridized carbons (Fsp3) is 0.500. The zero-order chi connectivity index (χ0) is 17.4. The van der Waals surface area contributed by atoms with Crippen molar-refractivity contribution in [1.29, 1.82) is 0 Å². The molecule has 0 radical (unpaired) electrons. The van der Waals surface area contributed by atoms with E-state index in [0.29, 0.717) is 25.9 Å². The molecular weight excluding hydrogens is 336 g/mol. The average molecular weight is 358 g/mol. The van der Waals surface area contributed by atoms with Gasteiger partial charge in [0.15, 0.2) is 0 Å². The van der Waals surface area contributed by atoms with Gasteiger partial charge in [-0.1, -0.05) is 6.07 Å². The van der Waals surface area contributed by atoms with Gasteiger partial charge in [-0.05, 0) is 29.9 Å². The van der Waals surface area contributed by atoms with Crippen molar-refractivity contribution in [1.82, 2.24) is 20.0 Å². The highest BCUT2D eigenvalue weighted by molar-refractivity contribution is 7.10. The van der Waals surface area contributed by atoms with E-state index in [4.69, 9.17) is 0 Å². The van der Waals surface area contributed by atoms with Crippen LogP contribution >= 0.6 is 11.3 Å². The monoisotopic (exact) mass is 358 g/mol. The van der Waals surface area contributed by atoms with Gasteiger partial charge in [0, 0.05) is 43.5 Å². The van der Waals surface area contributed by atoms with Crippen molar-refractivity contribution in [2.75, 3.05) is 13.1 Å². The van der Waals surface area contributed by atoms with Crippen molar-refractivity contribution in [2.45, 2.75) is 37.1 Å². The summed E-state index contributed by atoms with van der Waals surface area (Å²) in [4.78, 5) is 27.7. The average Bonchev–Trinajstić information content (AvgIpc) is 3.30. The molecule has 1 N–H and O–H groups in total. The number of hydrogen-bond acceptors (Lipinski definition) is 4. The van der Waals surface area contributed by atoms with Crippen molar-refractivity contribution >= 4 is 23.2 Å². The number of thiophene rings is 1. The van der Waals surface area contributed by atoms with Gasteiger partial charge in [0.25, 0.3) is 0 Å². The first-order valence-electron chi connectivity index (χ1n) is 8.65. The van der Waals surface area contributed by atoms with E-state index in [0.717, 1.165) is 23.3 Å². The summed E-state index contributed by atoms with van der Waals surface area (Å²) in [6.45, 7) is 1.39. The maximum Gasteiger partial charge on any atom is 0.227 e. The first-order valence-corrected chi connectivity index (χ1v) is 9.53. The second kappa shape index (κ2) is 6.29. The molecule has 2 saturated heterocycles. The van der Waals surface area contributed by atoms with Gasteiger partial charge in [0.2, 0.25) is 11.8 Å². The van der Waals surface area contributed by atoms with Crippen molar-refractivity contribution in [2.24, 2.45) is 7.05 Å². The Balaban J connectivity index is 1.45. The molecule has 2 aromatic heterocycles. The smallest absolute Gasteiger partial charge is 0.227 e. The van der Waals surface area contributed by atoms with E-state index in [-0.39, 0.29) is 23.3 Å². The summed E-state index contributed by atoms with van der Waals surface area (Å²) in [6.07, 6.45) is 6.45. The van der Waals surface area contributed by atoms with Gasteiger partial charge in [-0.25, -0.2) is 0 Å². The molecule has 0 aliphatic carbocycles. The van der Waals surface area contributed by atoms with Crippen molar-refractivity contribution in [3.8, 4) is 0 Å². The highest BCUT2D eigenvalue weighted by Crippen LogP contribution is 2.43. The molecule has 0 bridgehead atoms. The van der Waals surface area contributed by atoms with E-state index in [1.54, 1.807) is 16.0 Å². The minimum Gasteiger partial charge on any atom is -0.350 e. The second-order valence-corrected chi connectivity index (χ2v) is 8.08. The fourth-order valence-electron chi connectivity index (χ4n) is 4.16. The fourth-order valence-corrected chi connectivity index (χ4v) is 4.85. The van der Waals surface area contributed by atoms with Crippen LogP contribution in [0.2, 0.25) is 0 Å². The van der Waals surface area contributed by atoms with Gasteiger partial charge in [0.05, 0.1) is 18.2 Å². The van der Waals surface area contributed by atoms with Crippen LogP contribution in [0.15, 0.2) is 29.9 Å². The van der Waals surface area contributed by atoms with Crippen LogP contribution in [0.3, 0.4) is 0 Å². The number of nitrogens with one attached hydrogen (secondary N) is 1. The first kappa shape index (κ1) is 16.3. The summed E-state index contributed by atoms with van der Waals surface area (Å²) in [5.74, 6) is 0.426. The Kier molecular flexibility index (Phi) is 4.11.